The summed E-state index contributed by atoms with van der Waals surface area (Å²) in [4.78, 5) is 26.4. The molecule has 0 saturated heterocycles. The zero-order valence-electron chi connectivity index (χ0n) is 9.50. The smallest absolute Gasteiger partial charge is 0.290 e. The molecule has 1 aromatic heterocycles. The van der Waals surface area contributed by atoms with Crippen LogP contribution in [0.1, 0.15) is 30.3 Å². The summed E-state index contributed by atoms with van der Waals surface area (Å²) >= 11 is 0. The summed E-state index contributed by atoms with van der Waals surface area (Å²) in [6, 6.07) is 0. The third kappa shape index (κ3) is 2.78. The van der Waals surface area contributed by atoms with Crippen molar-refractivity contribution in [3.05, 3.63) is 11.6 Å². The Balaban J connectivity index is 2.57. The number of carbonyl (C=O) groups excluding carboxylic acids is 2. The number of nitrogens with two attached hydrogens (primary N) is 1. The molecule has 0 aliphatic rings. The number of amides is 2. The van der Waals surface area contributed by atoms with Crippen molar-refractivity contribution in [3.63, 3.8) is 0 Å². The summed E-state index contributed by atoms with van der Waals surface area (Å²) in [5.74, 6) is -0.297. The maximum atomic E-state index is 11.5. The SMILES string of the molecule is Cc1nc(C(=O)NCC(C)(C)C(N)=O)n[nH]1. The normalized spacial score (nSPS) is 11.2. The van der Waals surface area contributed by atoms with Gasteiger partial charge in [-0.1, -0.05) is 0 Å². The maximum Gasteiger partial charge on any atom is 0.290 e. The van der Waals surface area contributed by atoms with Gasteiger partial charge in [-0.2, -0.15) is 0 Å². The molecule has 0 saturated carbocycles. The van der Waals surface area contributed by atoms with Crippen molar-refractivity contribution in [2.45, 2.75) is 20.8 Å². The number of aromatic nitrogens is 3. The van der Waals surface area contributed by atoms with Crippen LogP contribution in [0.15, 0.2) is 0 Å². The van der Waals surface area contributed by atoms with Gasteiger partial charge in [-0.15, -0.1) is 5.10 Å². The minimum absolute atomic E-state index is 0.0535. The second-order valence-electron chi connectivity index (χ2n) is 4.18. The maximum absolute atomic E-state index is 11.5. The molecule has 0 aliphatic carbocycles. The standard InChI is InChI=1S/C9H15N5O2/c1-5-12-6(14-13-5)7(15)11-4-9(2,3)8(10)16/h4H2,1-3H3,(H2,10,16)(H,11,15)(H,12,13,14). The molecule has 0 radical (unpaired) electrons. The van der Waals surface area contributed by atoms with Gasteiger partial charge in [0.2, 0.25) is 11.7 Å². The summed E-state index contributed by atoms with van der Waals surface area (Å²) in [5, 5.41) is 8.80. The van der Waals surface area contributed by atoms with Crippen LogP contribution in [0.25, 0.3) is 0 Å². The molecule has 7 nitrogen and oxygen atoms in total. The highest BCUT2D eigenvalue weighted by Crippen LogP contribution is 2.11. The molecule has 0 bridgehead atoms. The molecule has 1 rings (SSSR count). The number of aryl methyl sites for hydroxylation is 1. The summed E-state index contributed by atoms with van der Waals surface area (Å²) in [7, 11) is 0. The molecule has 0 spiro atoms. The highest BCUT2D eigenvalue weighted by atomic mass is 16.2. The fourth-order valence-electron chi connectivity index (χ4n) is 0.912. The van der Waals surface area contributed by atoms with Crippen LogP contribution in [0.2, 0.25) is 0 Å². The predicted molar refractivity (Wildman–Crippen MR) is 56.4 cm³/mol. The van der Waals surface area contributed by atoms with E-state index >= 15 is 0 Å². The van der Waals surface area contributed by atoms with E-state index in [9.17, 15) is 9.59 Å². The second kappa shape index (κ2) is 4.30. The molecule has 4 N–H and O–H groups in total. The van der Waals surface area contributed by atoms with E-state index in [-0.39, 0.29) is 12.4 Å². The summed E-state index contributed by atoms with van der Waals surface area (Å²) in [6.45, 7) is 5.14. The number of H-pyrrole nitrogens is 1. The van der Waals surface area contributed by atoms with Crippen LogP contribution in [0, 0.1) is 12.3 Å². The molecular formula is C9H15N5O2. The Kier molecular flexibility index (Phi) is 3.26. The number of nitrogens with zero attached hydrogens (tertiary/aromatic N) is 2. The average molecular weight is 225 g/mol. The minimum atomic E-state index is -0.791. The van der Waals surface area contributed by atoms with Gasteiger partial charge in [-0.05, 0) is 20.8 Å². The summed E-state index contributed by atoms with van der Waals surface area (Å²) in [5.41, 5.74) is 4.38. The van der Waals surface area contributed by atoms with E-state index in [0.717, 1.165) is 0 Å². The molecule has 1 heterocycles. The first kappa shape index (κ1) is 12.2. The second-order valence-corrected chi connectivity index (χ2v) is 4.18. The molecular weight excluding hydrogens is 210 g/mol. The van der Waals surface area contributed by atoms with Gasteiger partial charge < -0.3 is 11.1 Å². The average Bonchev–Trinajstić information content (AvgIpc) is 2.61. The van der Waals surface area contributed by atoms with Gasteiger partial charge in [0.1, 0.15) is 5.82 Å². The summed E-state index contributed by atoms with van der Waals surface area (Å²) in [6.07, 6.45) is 0. The van der Waals surface area contributed by atoms with Crippen molar-refractivity contribution in [2.24, 2.45) is 11.1 Å². The minimum Gasteiger partial charge on any atom is -0.369 e. The molecule has 88 valence electrons. The van der Waals surface area contributed by atoms with E-state index in [1.165, 1.54) is 0 Å². The molecule has 0 aliphatic heterocycles. The van der Waals surface area contributed by atoms with Gasteiger partial charge in [0.05, 0.1) is 5.41 Å². The van der Waals surface area contributed by atoms with E-state index in [1.54, 1.807) is 20.8 Å². The van der Waals surface area contributed by atoms with E-state index in [2.05, 4.69) is 20.5 Å². The van der Waals surface area contributed by atoms with Crippen LogP contribution in [-0.2, 0) is 4.79 Å². The first-order chi connectivity index (χ1) is 7.33. The van der Waals surface area contributed by atoms with Crippen LogP contribution in [0.4, 0.5) is 0 Å². The third-order valence-electron chi connectivity index (χ3n) is 2.16. The Morgan fingerprint density at radius 1 is 1.50 bits per heavy atom. The van der Waals surface area contributed by atoms with Crippen molar-refractivity contribution in [3.8, 4) is 0 Å². The zero-order chi connectivity index (χ0) is 12.3. The number of carbonyl (C=O) groups is 2. The van der Waals surface area contributed by atoms with Crippen LogP contribution in [0.3, 0.4) is 0 Å². The van der Waals surface area contributed by atoms with Crippen molar-refractivity contribution in [1.29, 1.82) is 0 Å². The highest BCUT2D eigenvalue weighted by Gasteiger charge is 2.26. The Labute approximate surface area is 92.8 Å². The van der Waals surface area contributed by atoms with Gasteiger partial charge in [-0.3, -0.25) is 14.7 Å². The van der Waals surface area contributed by atoms with Gasteiger partial charge in [-0.25, -0.2) is 4.98 Å². The molecule has 1 aromatic rings. The number of rotatable bonds is 4. The number of hydrogen-bond donors (Lipinski definition) is 3. The van der Waals surface area contributed by atoms with Crippen LogP contribution in [0.5, 0.6) is 0 Å². The fourth-order valence-corrected chi connectivity index (χ4v) is 0.912. The first-order valence-electron chi connectivity index (χ1n) is 4.80. The third-order valence-corrected chi connectivity index (χ3v) is 2.16. The fraction of sp³-hybridized carbons (Fsp3) is 0.556. The predicted octanol–water partition coefficient (Wildman–Crippen LogP) is -0.646. The lowest BCUT2D eigenvalue weighted by Gasteiger charge is -2.19. The van der Waals surface area contributed by atoms with Gasteiger partial charge in [0.15, 0.2) is 0 Å². The Morgan fingerprint density at radius 3 is 2.56 bits per heavy atom. The lowest BCUT2D eigenvalue weighted by Crippen LogP contribution is -2.42. The number of primary amides is 1. The number of nitrogens with one attached hydrogen (secondary N) is 2. The molecule has 16 heavy (non-hydrogen) atoms. The van der Waals surface area contributed by atoms with Crippen molar-refractivity contribution >= 4 is 11.8 Å². The molecule has 0 fully saturated rings. The van der Waals surface area contributed by atoms with Crippen LogP contribution in [-0.4, -0.2) is 33.5 Å². The van der Waals surface area contributed by atoms with Gasteiger partial charge in [0.25, 0.3) is 5.91 Å². The van der Waals surface area contributed by atoms with Crippen LogP contribution < -0.4 is 11.1 Å². The highest BCUT2D eigenvalue weighted by molar-refractivity contribution is 5.91. The lowest BCUT2D eigenvalue weighted by atomic mass is 9.93. The Bertz CT molecular complexity index is 410. The molecule has 7 heteroatoms. The quantitative estimate of drug-likeness (QED) is 0.632. The van der Waals surface area contributed by atoms with Crippen molar-refractivity contribution < 1.29 is 9.59 Å². The zero-order valence-corrected chi connectivity index (χ0v) is 9.50. The number of aromatic amines is 1. The molecule has 0 unspecified atom stereocenters. The largest absolute Gasteiger partial charge is 0.369 e. The molecule has 0 atom stereocenters. The van der Waals surface area contributed by atoms with Crippen molar-refractivity contribution in [1.82, 2.24) is 20.5 Å². The molecule has 2 amide bonds. The topological polar surface area (TPSA) is 114 Å². The monoisotopic (exact) mass is 225 g/mol. The van der Waals surface area contributed by atoms with Gasteiger partial charge >= 0.3 is 0 Å². The van der Waals surface area contributed by atoms with Gasteiger partial charge in [0, 0.05) is 6.54 Å². The van der Waals surface area contributed by atoms with Crippen LogP contribution >= 0.6 is 0 Å². The summed E-state index contributed by atoms with van der Waals surface area (Å²) < 4.78 is 0. The molecule has 0 aromatic carbocycles. The Morgan fingerprint density at radius 2 is 2.12 bits per heavy atom. The van der Waals surface area contributed by atoms with E-state index in [1.807, 2.05) is 0 Å². The van der Waals surface area contributed by atoms with Crippen molar-refractivity contribution in [2.75, 3.05) is 6.54 Å². The van der Waals surface area contributed by atoms with E-state index < -0.39 is 17.2 Å². The lowest BCUT2D eigenvalue weighted by molar-refractivity contribution is -0.125. The Hall–Kier alpha value is -1.92. The van der Waals surface area contributed by atoms with E-state index in [0.29, 0.717) is 5.82 Å². The first-order valence-corrected chi connectivity index (χ1v) is 4.80. The number of hydrogen-bond acceptors (Lipinski definition) is 4. The van der Waals surface area contributed by atoms with E-state index in [4.69, 9.17) is 5.73 Å².